The second kappa shape index (κ2) is 8.72. The summed E-state index contributed by atoms with van der Waals surface area (Å²) in [6.45, 7) is 4.14. The Bertz CT molecular complexity index is 1400. The lowest BCUT2D eigenvalue weighted by Gasteiger charge is -2.21. The molecule has 0 fully saturated rings. The Morgan fingerprint density at radius 1 is 0.818 bits per heavy atom. The minimum absolute atomic E-state index is 0.0707. The number of nitrogens with zero attached hydrogens (tertiary/aromatic N) is 1. The van der Waals surface area contributed by atoms with E-state index in [1.54, 1.807) is 4.90 Å². The van der Waals surface area contributed by atoms with Gasteiger partial charge in [0.05, 0.1) is 5.70 Å². The van der Waals surface area contributed by atoms with Crippen molar-refractivity contribution >= 4 is 39.3 Å². The first-order chi connectivity index (χ1) is 16.0. The van der Waals surface area contributed by atoms with Crippen LogP contribution in [0.5, 0.6) is 0 Å². The third-order valence-electron chi connectivity index (χ3n) is 5.85. The minimum atomic E-state index is -0.0707. The van der Waals surface area contributed by atoms with Crippen LogP contribution in [0.3, 0.4) is 0 Å². The van der Waals surface area contributed by atoms with Gasteiger partial charge in [-0.25, -0.2) is 0 Å². The number of furan rings is 1. The van der Waals surface area contributed by atoms with Gasteiger partial charge in [-0.1, -0.05) is 64.5 Å². The Labute approximate surface area is 201 Å². The Hall–Kier alpha value is -3.63. The predicted octanol–water partition coefficient (Wildman–Crippen LogP) is 7.80. The Morgan fingerprint density at radius 3 is 2.30 bits per heavy atom. The third kappa shape index (κ3) is 4.22. The topological polar surface area (TPSA) is 33.5 Å². The predicted molar refractivity (Wildman–Crippen MR) is 138 cm³/mol. The van der Waals surface area contributed by atoms with Crippen molar-refractivity contribution in [3.8, 4) is 11.3 Å². The van der Waals surface area contributed by atoms with E-state index in [0.717, 1.165) is 38.3 Å². The van der Waals surface area contributed by atoms with Crippen molar-refractivity contribution in [2.24, 2.45) is 0 Å². The van der Waals surface area contributed by atoms with Crippen molar-refractivity contribution in [2.75, 3.05) is 4.90 Å². The van der Waals surface area contributed by atoms with Gasteiger partial charge in [0, 0.05) is 21.3 Å². The van der Waals surface area contributed by atoms with Crippen LogP contribution in [0.25, 0.3) is 23.1 Å². The molecule has 0 N–H and O–H groups in total. The van der Waals surface area contributed by atoms with Gasteiger partial charge >= 0.3 is 0 Å². The molecule has 1 aromatic heterocycles. The first-order valence-corrected chi connectivity index (χ1v) is 11.6. The van der Waals surface area contributed by atoms with E-state index in [4.69, 9.17) is 4.42 Å². The zero-order valence-corrected chi connectivity index (χ0v) is 20.0. The van der Waals surface area contributed by atoms with E-state index in [9.17, 15) is 4.79 Å². The normalized spacial score (nSPS) is 14.8. The maximum atomic E-state index is 13.6. The number of hydrogen-bond donors (Lipinski definition) is 0. The highest BCUT2D eigenvalue weighted by molar-refractivity contribution is 9.10. The molecule has 1 amide bonds. The van der Waals surface area contributed by atoms with Crippen molar-refractivity contribution in [1.82, 2.24) is 0 Å². The van der Waals surface area contributed by atoms with Crippen molar-refractivity contribution in [3.05, 3.63) is 124 Å². The van der Waals surface area contributed by atoms with Crippen LogP contribution in [0, 0.1) is 13.8 Å². The average Bonchev–Trinajstić information content (AvgIpc) is 3.42. The zero-order chi connectivity index (χ0) is 22.9. The Kier molecular flexibility index (Phi) is 5.61. The number of carbonyl (C=O) groups is 1. The monoisotopic (exact) mass is 495 g/mol. The second-order valence-electron chi connectivity index (χ2n) is 8.11. The molecule has 0 atom stereocenters. The lowest BCUT2D eigenvalue weighted by molar-refractivity contribution is -0.113. The summed E-state index contributed by atoms with van der Waals surface area (Å²) in [5.41, 5.74) is 6.62. The fourth-order valence-corrected chi connectivity index (χ4v) is 4.18. The molecule has 0 bridgehead atoms. The number of carbonyl (C=O) groups excluding carboxylic acids is 1. The van der Waals surface area contributed by atoms with Gasteiger partial charge in [-0.3, -0.25) is 9.69 Å². The molecule has 0 radical (unpaired) electrons. The molecule has 1 aliphatic heterocycles. The molecule has 3 aromatic carbocycles. The molecule has 1 aliphatic rings. The summed E-state index contributed by atoms with van der Waals surface area (Å²) in [7, 11) is 0. The number of hydrogen-bond acceptors (Lipinski definition) is 2. The maximum absolute atomic E-state index is 13.6. The molecule has 33 heavy (non-hydrogen) atoms. The van der Waals surface area contributed by atoms with Crippen molar-refractivity contribution < 1.29 is 9.21 Å². The van der Waals surface area contributed by atoms with Gasteiger partial charge in [-0.15, -0.1) is 0 Å². The maximum Gasteiger partial charge on any atom is 0.263 e. The fraction of sp³-hybridized carbons (Fsp3) is 0.0690. The summed E-state index contributed by atoms with van der Waals surface area (Å²) < 4.78 is 7.06. The standard InChI is InChI=1S/C29H22BrNO2/c1-19-8-13-25(16-20(19)2)31-27(21-6-4-3-5-7-21)18-23(29(31)32)17-26-14-15-28(33-26)22-9-11-24(30)12-10-22/h3-18H,1-2H3. The van der Waals surface area contributed by atoms with E-state index in [-0.39, 0.29) is 5.91 Å². The van der Waals surface area contributed by atoms with Gasteiger partial charge < -0.3 is 4.42 Å². The van der Waals surface area contributed by atoms with Gasteiger partial charge in [-0.2, -0.15) is 0 Å². The van der Waals surface area contributed by atoms with Crippen LogP contribution in [0.2, 0.25) is 0 Å². The van der Waals surface area contributed by atoms with Crippen LogP contribution in [0.15, 0.2) is 105 Å². The fourth-order valence-electron chi connectivity index (χ4n) is 3.91. The van der Waals surface area contributed by atoms with Gasteiger partial charge in [-0.05, 0) is 79.1 Å². The third-order valence-corrected chi connectivity index (χ3v) is 6.38. The molecule has 162 valence electrons. The van der Waals surface area contributed by atoms with Gasteiger partial charge in [0.1, 0.15) is 11.5 Å². The first-order valence-electron chi connectivity index (χ1n) is 10.8. The first kappa shape index (κ1) is 21.2. The molecular weight excluding hydrogens is 474 g/mol. The number of anilines is 1. The number of rotatable bonds is 4. The summed E-state index contributed by atoms with van der Waals surface area (Å²) in [6, 6.07) is 27.9. The highest BCUT2D eigenvalue weighted by Gasteiger charge is 2.30. The lowest BCUT2D eigenvalue weighted by Crippen LogP contribution is -2.25. The molecule has 0 unspecified atom stereocenters. The smallest absolute Gasteiger partial charge is 0.263 e. The van der Waals surface area contributed by atoms with Crippen LogP contribution < -0.4 is 4.90 Å². The molecule has 4 heteroatoms. The Morgan fingerprint density at radius 2 is 1.58 bits per heavy atom. The number of amides is 1. The molecule has 4 aromatic rings. The SMILES string of the molecule is Cc1ccc(N2C(=O)C(=Cc3ccc(-c4ccc(Br)cc4)o3)C=C2c2ccccc2)cc1C. The summed E-state index contributed by atoms with van der Waals surface area (Å²) in [4.78, 5) is 15.3. The molecule has 0 aliphatic carbocycles. The highest BCUT2D eigenvalue weighted by Crippen LogP contribution is 2.36. The summed E-state index contributed by atoms with van der Waals surface area (Å²) in [6.07, 6.45) is 3.75. The Balaban J connectivity index is 1.55. The highest BCUT2D eigenvalue weighted by atomic mass is 79.9. The molecule has 5 rings (SSSR count). The molecule has 2 heterocycles. The molecule has 0 saturated carbocycles. The molecule has 3 nitrogen and oxygen atoms in total. The van der Waals surface area contributed by atoms with Crippen LogP contribution in [-0.4, -0.2) is 5.91 Å². The van der Waals surface area contributed by atoms with Crippen molar-refractivity contribution in [1.29, 1.82) is 0 Å². The van der Waals surface area contributed by atoms with Gasteiger partial charge in [0.25, 0.3) is 5.91 Å². The summed E-state index contributed by atoms with van der Waals surface area (Å²) >= 11 is 3.46. The number of halogens is 1. The quantitative estimate of drug-likeness (QED) is 0.270. The van der Waals surface area contributed by atoms with E-state index in [0.29, 0.717) is 11.3 Å². The minimum Gasteiger partial charge on any atom is -0.457 e. The van der Waals surface area contributed by atoms with Crippen molar-refractivity contribution in [2.45, 2.75) is 13.8 Å². The average molecular weight is 496 g/mol. The van der Waals surface area contributed by atoms with E-state index in [1.165, 1.54) is 5.56 Å². The van der Waals surface area contributed by atoms with Crippen LogP contribution >= 0.6 is 15.9 Å². The molecule has 0 spiro atoms. The van der Waals surface area contributed by atoms with E-state index >= 15 is 0 Å². The summed E-state index contributed by atoms with van der Waals surface area (Å²) in [5, 5.41) is 0. The number of benzene rings is 3. The van der Waals surface area contributed by atoms with Gasteiger partial charge in [0.2, 0.25) is 0 Å². The van der Waals surface area contributed by atoms with Crippen LogP contribution in [-0.2, 0) is 4.79 Å². The van der Waals surface area contributed by atoms with Crippen LogP contribution in [0.1, 0.15) is 22.5 Å². The van der Waals surface area contributed by atoms with E-state index < -0.39 is 0 Å². The lowest BCUT2D eigenvalue weighted by atomic mass is 10.1. The zero-order valence-electron chi connectivity index (χ0n) is 18.4. The van der Waals surface area contributed by atoms with Crippen LogP contribution in [0.4, 0.5) is 5.69 Å². The van der Waals surface area contributed by atoms with Gasteiger partial charge in [0.15, 0.2) is 0 Å². The van der Waals surface area contributed by atoms with Crippen molar-refractivity contribution in [3.63, 3.8) is 0 Å². The molecule has 0 saturated heterocycles. The summed E-state index contributed by atoms with van der Waals surface area (Å²) in [5.74, 6) is 1.33. The van der Waals surface area contributed by atoms with E-state index in [2.05, 4.69) is 41.9 Å². The number of aryl methyl sites for hydroxylation is 2. The second-order valence-corrected chi connectivity index (χ2v) is 9.03. The largest absolute Gasteiger partial charge is 0.457 e. The molecular formula is C29H22BrNO2. The van der Waals surface area contributed by atoms with E-state index in [1.807, 2.05) is 84.9 Å².